The van der Waals surface area contributed by atoms with Crippen LogP contribution in [0.1, 0.15) is 5.56 Å². The zero-order valence-electron chi connectivity index (χ0n) is 7.40. The molecule has 0 radical (unpaired) electrons. The van der Waals surface area contributed by atoms with Crippen LogP contribution in [0.25, 0.3) is 0 Å². The number of rotatable bonds is 3. The molecule has 1 aromatic rings. The first-order valence-electron chi connectivity index (χ1n) is 4.03. The molecule has 1 rings (SSSR count). The number of halogens is 1. The Morgan fingerprint density at radius 3 is 2.71 bits per heavy atom. The lowest BCUT2D eigenvalue weighted by Crippen LogP contribution is -2.32. The zero-order chi connectivity index (χ0) is 10.7. The molecule has 0 bridgehead atoms. The van der Waals surface area contributed by atoms with Gasteiger partial charge in [0.2, 0.25) is 0 Å². The predicted octanol–water partition coefficient (Wildman–Crippen LogP) is 0.877. The van der Waals surface area contributed by atoms with Crippen molar-refractivity contribution in [2.45, 2.75) is 12.5 Å². The van der Waals surface area contributed by atoms with Crippen molar-refractivity contribution in [2.75, 3.05) is 5.73 Å². The molecule has 0 saturated carbocycles. The van der Waals surface area contributed by atoms with Gasteiger partial charge < -0.3 is 16.6 Å². The summed E-state index contributed by atoms with van der Waals surface area (Å²) < 4.78 is 0. The minimum Gasteiger partial charge on any atom is -0.480 e. The molecule has 0 aromatic heterocycles. The van der Waals surface area contributed by atoms with Gasteiger partial charge in [-0.2, -0.15) is 0 Å². The van der Waals surface area contributed by atoms with Gasteiger partial charge in [-0.15, -0.1) is 0 Å². The second kappa shape index (κ2) is 4.30. The minimum absolute atomic E-state index is 0.203. The third kappa shape index (κ3) is 2.61. The standard InChI is InChI=1S/C9H11ClN2O2/c10-7-4-6(11)2-1-5(7)3-8(12)9(13)14/h1-2,4,8H,3,11-12H2,(H,13,14)/t8-/m0/s1. The van der Waals surface area contributed by atoms with E-state index in [0.717, 1.165) is 0 Å². The molecule has 5 heteroatoms. The van der Waals surface area contributed by atoms with Gasteiger partial charge in [0.15, 0.2) is 0 Å². The maximum atomic E-state index is 10.5. The topological polar surface area (TPSA) is 89.3 Å². The Labute approximate surface area is 86.5 Å². The molecular formula is C9H11ClN2O2. The molecule has 0 fully saturated rings. The normalized spacial score (nSPS) is 12.4. The number of benzene rings is 1. The molecule has 0 unspecified atom stereocenters. The number of carboxylic acids is 1. The number of nitrogen functional groups attached to an aromatic ring is 1. The summed E-state index contributed by atoms with van der Waals surface area (Å²) >= 11 is 5.85. The zero-order valence-corrected chi connectivity index (χ0v) is 8.16. The fourth-order valence-electron chi connectivity index (χ4n) is 1.05. The van der Waals surface area contributed by atoms with E-state index in [-0.39, 0.29) is 6.42 Å². The van der Waals surface area contributed by atoms with Gasteiger partial charge in [-0.1, -0.05) is 17.7 Å². The van der Waals surface area contributed by atoms with Crippen molar-refractivity contribution >= 4 is 23.3 Å². The van der Waals surface area contributed by atoms with Crippen LogP contribution in [0.2, 0.25) is 5.02 Å². The van der Waals surface area contributed by atoms with Gasteiger partial charge in [-0.3, -0.25) is 4.79 Å². The lowest BCUT2D eigenvalue weighted by molar-refractivity contribution is -0.138. The van der Waals surface area contributed by atoms with Crippen LogP contribution < -0.4 is 11.5 Å². The summed E-state index contributed by atoms with van der Waals surface area (Å²) in [6.07, 6.45) is 0.203. The van der Waals surface area contributed by atoms with Crippen LogP contribution in [0.3, 0.4) is 0 Å². The number of hydrogen-bond acceptors (Lipinski definition) is 3. The lowest BCUT2D eigenvalue weighted by Gasteiger charge is -2.08. The highest BCUT2D eigenvalue weighted by Crippen LogP contribution is 2.20. The van der Waals surface area contributed by atoms with E-state index in [2.05, 4.69) is 0 Å². The summed E-state index contributed by atoms with van der Waals surface area (Å²) in [7, 11) is 0. The third-order valence-electron chi connectivity index (χ3n) is 1.83. The predicted molar refractivity (Wildman–Crippen MR) is 55.2 cm³/mol. The highest BCUT2D eigenvalue weighted by atomic mass is 35.5. The molecule has 0 saturated heterocycles. The van der Waals surface area contributed by atoms with Crippen molar-refractivity contribution in [3.05, 3.63) is 28.8 Å². The number of hydrogen-bond donors (Lipinski definition) is 3. The third-order valence-corrected chi connectivity index (χ3v) is 2.19. The van der Waals surface area contributed by atoms with Crippen LogP contribution in [-0.2, 0) is 11.2 Å². The molecule has 1 atom stereocenters. The number of carboxylic acid groups (broad SMARTS) is 1. The van der Waals surface area contributed by atoms with Gasteiger partial charge >= 0.3 is 5.97 Å². The van der Waals surface area contributed by atoms with E-state index in [1.54, 1.807) is 18.2 Å². The Bertz CT molecular complexity index is 355. The average molecular weight is 215 g/mol. The molecule has 76 valence electrons. The smallest absolute Gasteiger partial charge is 0.320 e. The Morgan fingerprint density at radius 2 is 2.21 bits per heavy atom. The second-order valence-electron chi connectivity index (χ2n) is 3.00. The molecule has 0 aliphatic carbocycles. The fraction of sp³-hybridized carbons (Fsp3) is 0.222. The van der Waals surface area contributed by atoms with Crippen molar-refractivity contribution in [1.82, 2.24) is 0 Å². The van der Waals surface area contributed by atoms with E-state index in [1.165, 1.54) is 0 Å². The molecular weight excluding hydrogens is 204 g/mol. The second-order valence-corrected chi connectivity index (χ2v) is 3.41. The van der Waals surface area contributed by atoms with Crippen LogP contribution in [-0.4, -0.2) is 17.1 Å². The van der Waals surface area contributed by atoms with Crippen molar-refractivity contribution in [1.29, 1.82) is 0 Å². The molecule has 5 N–H and O–H groups in total. The Kier molecular flexibility index (Phi) is 3.33. The lowest BCUT2D eigenvalue weighted by atomic mass is 10.1. The first-order valence-corrected chi connectivity index (χ1v) is 4.41. The van der Waals surface area contributed by atoms with Crippen LogP contribution >= 0.6 is 11.6 Å². The van der Waals surface area contributed by atoms with Crippen molar-refractivity contribution < 1.29 is 9.90 Å². The average Bonchev–Trinajstić information content (AvgIpc) is 2.09. The van der Waals surface area contributed by atoms with Gasteiger partial charge in [0.05, 0.1) is 0 Å². The summed E-state index contributed by atoms with van der Waals surface area (Å²) in [5.41, 5.74) is 12.1. The molecule has 1 aromatic carbocycles. The number of carbonyl (C=O) groups is 1. The first-order chi connectivity index (χ1) is 6.50. The van der Waals surface area contributed by atoms with E-state index in [4.69, 9.17) is 28.2 Å². The Morgan fingerprint density at radius 1 is 1.57 bits per heavy atom. The molecule has 0 spiro atoms. The summed E-state index contributed by atoms with van der Waals surface area (Å²) in [5.74, 6) is -1.04. The van der Waals surface area contributed by atoms with Crippen molar-refractivity contribution in [3.63, 3.8) is 0 Å². The molecule has 0 aliphatic heterocycles. The highest BCUT2D eigenvalue weighted by Gasteiger charge is 2.13. The monoisotopic (exact) mass is 214 g/mol. The summed E-state index contributed by atoms with van der Waals surface area (Å²) in [6.45, 7) is 0. The van der Waals surface area contributed by atoms with Gasteiger partial charge in [0.25, 0.3) is 0 Å². The highest BCUT2D eigenvalue weighted by molar-refractivity contribution is 6.31. The molecule has 0 heterocycles. The number of aliphatic carboxylic acids is 1. The largest absolute Gasteiger partial charge is 0.480 e. The van der Waals surface area contributed by atoms with E-state index >= 15 is 0 Å². The van der Waals surface area contributed by atoms with Gasteiger partial charge in [-0.05, 0) is 24.1 Å². The molecule has 4 nitrogen and oxygen atoms in total. The van der Waals surface area contributed by atoms with E-state index < -0.39 is 12.0 Å². The SMILES string of the molecule is Nc1ccc(C[C@H](N)C(=O)O)c(Cl)c1. The van der Waals surface area contributed by atoms with E-state index in [1.807, 2.05) is 0 Å². The maximum absolute atomic E-state index is 10.5. The fourth-order valence-corrected chi connectivity index (χ4v) is 1.32. The summed E-state index contributed by atoms with van der Waals surface area (Å²) in [4.78, 5) is 10.5. The molecule has 0 amide bonds. The minimum atomic E-state index is -1.04. The number of anilines is 1. The van der Waals surface area contributed by atoms with Gasteiger partial charge in [-0.25, -0.2) is 0 Å². The molecule has 14 heavy (non-hydrogen) atoms. The Hall–Kier alpha value is -1.26. The van der Waals surface area contributed by atoms with Crippen molar-refractivity contribution in [3.8, 4) is 0 Å². The van der Waals surface area contributed by atoms with E-state index in [0.29, 0.717) is 16.3 Å². The maximum Gasteiger partial charge on any atom is 0.320 e. The summed E-state index contributed by atoms with van der Waals surface area (Å²) in [5, 5.41) is 9.04. The number of nitrogens with two attached hydrogens (primary N) is 2. The van der Waals surface area contributed by atoms with Crippen LogP contribution in [0.4, 0.5) is 5.69 Å². The quantitative estimate of drug-likeness (QED) is 0.652. The Balaban J connectivity index is 2.82. The first kappa shape index (κ1) is 10.8. The van der Waals surface area contributed by atoms with Crippen molar-refractivity contribution in [2.24, 2.45) is 5.73 Å². The van der Waals surface area contributed by atoms with E-state index in [9.17, 15) is 4.79 Å². The molecule has 0 aliphatic rings. The van der Waals surface area contributed by atoms with Gasteiger partial charge in [0, 0.05) is 10.7 Å². The van der Waals surface area contributed by atoms with Crippen LogP contribution in [0, 0.1) is 0 Å². The van der Waals surface area contributed by atoms with Gasteiger partial charge in [0.1, 0.15) is 6.04 Å². The van der Waals surface area contributed by atoms with Crippen LogP contribution in [0.15, 0.2) is 18.2 Å². The van der Waals surface area contributed by atoms with Crippen LogP contribution in [0.5, 0.6) is 0 Å². The summed E-state index contributed by atoms with van der Waals surface area (Å²) in [6, 6.07) is 3.98.